The summed E-state index contributed by atoms with van der Waals surface area (Å²) in [5.74, 6) is 1.21. The van der Waals surface area contributed by atoms with Gasteiger partial charge in [0, 0.05) is 12.6 Å². The Hall–Kier alpha value is -1.38. The molecule has 0 amide bonds. The number of hydrogen-bond donors (Lipinski definition) is 5. The van der Waals surface area contributed by atoms with Gasteiger partial charge >= 0.3 is 0 Å². The maximum absolute atomic E-state index is 9.82. The SMILES string of the molecule is COc1cccc(OCC(O)CNC(CO)(CO)CO)c1. The molecule has 1 atom stereocenters. The number of nitrogens with one attached hydrogen (secondary N) is 1. The first-order valence-corrected chi connectivity index (χ1v) is 6.61. The number of hydrogen-bond acceptors (Lipinski definition) is 7. The van der Waals surface area contributed by atoms with Gasteiger partial charge in [-0.1, -0.05) is 6.07 Å². The van der Waals surface area contributed by atoms with Crippen LogP contribution in [0.1, 0.15) is 0 Å². The third kappa shape index (κ3) is 5.49. The van der Waals surface area contributed by atoms with Gasteiger partial charge < -0.3 is 35.2 Å². The first kappa shape index (κ1) is 17.7. The number of rotatable bonds is 10. The Morgan fingerprint density at radius 2 is 1.76 bits per heavy atom. The van der Waals surface area contributed by atoms with Crippen molar-refractivity contribution in [2.75, 3.05) is 40.1 Å². The van der Waals surface area contributed by atoms with Crippen LogP contribution in [0.5, 0.6) is 11.5 Å². The molecule has 0 aromatic heterocycles. The second kappa shape index (κ2) is 8.81. The molecule has 0 radical (unpaired) electrons. The third-order valence-electron chi connectivity index (χ3n) is 3.10. The van der Waals surface area contributed by atoms with Crippen molar-refractivity contribution >= 4 is 0 Å². The molecule has 21 heavy (non-hydrogen) atoms. The molecule has 0 aliphatic rings. The minimum atomic E-state index is -1.21. The molecule has 1 aromatic rings. The van der Waals surface area contributed by atoms with Gasteiger partial charge in [0.05, 0.1) is 32.5 Å². The number of methoxy groups -OCH3 is 1. The lowest BCUT2D eigenvalue weighted by atomic mass is 10.0. The van der Waals surface area contributed by atoms with Crippen LogP contribution >= 0.6 is 0 Å². The van der Waals surface area contributed by atoms with E-state index >= 15 is 0 Å². The summed E-state index contributed by atoms with van der Waals surface area (Å²) in [6, 6.07) is 6.98. The summed E-state index contributed by atoms with van der Waals surface area (Å²) in [4.78, 5) is 0. The highest BCUT2D eigenvalue weighted by atomic mass is 16.5. The lowest BCUT2D eigenvalue weighted by molar-refractivity contribution is 0.0260. The fourth-order valence-electron chi connectivity index (χ4n) is 1.59. The van der Waals surface area contributed by atoms with Crippen molar-refractivity contribution in [1.82, 2.24) is 5.32 Å². The smallest absolute Gasteiger partial charge is 0.123 e. The maximum atomic E-state index is 9.82. The average Bonchev–Trinajstić information content (AvgIpc) is 2.55. The Balaban J connectivity index is 2.41. The fourth-order valence-corrected chi connectivity index (χ4v) is 1.59. The zero-order valence-electron chi connectivity index (χ0n) is 12.0. The standard InChI is InChI=1S/C14H23NO6/c1-20-12-3-2-4-13(5-12)21-7-11(19)6-15-14(8-16,9-17)10-18/h2-5,11,15-19H,6-10H2,1H3. The highest BCUT2D eigenvalue weighted by Crippen LogP contribution is 2.18. The first-order valence-electron chi connectivity index (χ1n) is 6.61. The van der Waals surface area contributed by atoms with Gasteiger partial charge in [0.25, 0.3) is 0 Å². The number of ether oxygens (including phenoxy) is 2. The van der Waals surface area contributed by atoms with Crippen LogP contribution in [0.15, 0.2) is 24.3 Å². The van der Waals surface area contributed by atoms with Crippen molar-refractivity contribution in [3.8, 4) is 11.5 Å². The molecule has 0 spiro atoms. The maximum Gasteiger partial charge on any atom is 0.123 e. The van der Waals surface area contributed by atoms with Crippen molar-refractivity contribution < 1.29 is 29.9 Å². The Labute approximate surface area is 123 Å². The van der Waals surface area contributed by atoms with Crippen LogP contribution in [0.2, 0.25) is 0 Å². The molecule has 0 heterocycles. The monoisotopic (exact) mass is 301 g/mol. The topological polar surface area (TPSA) is 111 Å². The van der Waals surface area contributed by atoms with Gasteiger partial charge in [0.15, 0.2) is 0 Å². The van der Waals surface area contributed by atoms with Crippen molar-refractivity contribution in [2.24, 2.45) is 0 Å². The highest BCUT2D eigenvalue weighted by Gasteiger charge is 2.28. The van der Waals surface area contributed by atoms with Crippen LogP contribution < -0.4 is 14.8 Å². The quantitative estimate of drug-likeness (QED) is 0.367. The van der Waals surface area contributed by atoms with E-state index in [0.29, 0.717) is 11.5 Å². The molecule has 5 N–H and O–H groups in total. The lowest BCUT2D eigenvalue weighted by Crippen LogP contribution is -2.57. The predicted molar refractivity (Wildman–Crippen MR) is 76.5 cm³/mol. The summed E-state index contributed by atoms with van der Waals surface area (Å²) in [7, 11) is 1.55. The zero-order valence-corrected chi connectivity index (χ0v) is 12.0. The van der Waals surface area contributed by atoms with E-state index in [9.17, 15) is 5.11 Å². The minimum absolute atomic E-state index is 0.0263. The number of benzene rings is 1. The van der Waals surface area contributed by atoms with Crippen LogP contribution in [0.4, 0.5) is 0 Å². The molecule has 120 valence electrons. The first-order chi connectivity index (χ1) is 10.1. The van der Waals surface area contributed by atoms with Crippen LogP contribution in [0.3, 0.4) is 0 Å². The van der Waals surface area contributed by atoms with Gasteiger partial charge in [0.2, 0.25) is 0 Å². The van der Waals surface area contributed by atoms with Gasteiger partial charge in [-0.2, -0.15) is 0 Å². The number of aliphatic hydroxyl groups excluding tert-OH is 4. The summed E-state index contributed by atoms with van der Waals surface area (Å²) in [6.45, 7) is -1.24. The van der Waals surface area contributed by atoms with E-state index in [2.05, 4.69) is 5.32 Å². The van der Waals surface area contributed by atoms with E-state index in [4.69, 9.17) is 24.8 Å². The molecule has 0 aliphatic carbocycles. The van der Waals surface area contributed by atoms with E-state index in [-0.39, 0.29) is 13.2 Å². The molecule has 1 aromatic carbocycles. The zero-order chi connectivity index (χ0) is 15.7. The minimum Gasteiger partial charge on any atom is -0.497 e. The van der Waals surface area contributed by atoms with Crippen LogP contribution in [0, 0.1) is 0 Å². The predicted octanol–water partition coefficient (Wildman–Crippen LogP) is -1.26. The molecule has 0 saturated carbocycles. The third-order valence-corrected chi connectivity index (χ3v) is 3.10. The van der Waals surface area contributed by atoms with Gasteiger partial charge in [0.1, 0.15) is 24.2 Å². The largest absolute Gasteiger partial charge is 0.497 e. The van der Waals surface area contributed by atoms with Crippen LogP contribution in [-0.2, 0) is 0 Å². The summed E-state index contributed by atoms with van der Waals surface area (Å²) >= 11 is 0. The molecule has 0 fully saturated rings. The van der Waals surface area contributed by atoms with E-state index in [0.717, 1.165) is 0 Å². The van der Waals surface area contributed by atoms with Crippen molar-refractivity contribution in [3.05, 3.63) is 24.3 Å². The summed E-state index contributed by atoms with van der Waals surface area (Å²) in [6.07, 6.45) is -0.861. The summed E-state index contributed by atoms with van der Waals surface area (Å²) in [5.41, 5.74) is -1.21. The number of aliphatic hydroxyl groups is 4. The van der Waals surface area contributed by atoms with Gasteiger partial charge in [-0.05, 0) is 12.1 Å². The molecular formula is C14H23NO6. The molecule has 1 rings (SSSR count). The van der Waals surface area contributed by atoms with Crippen molar-refractivity contribution in [3.63, 3.8) is 0 Å². The Bertz CT molecular complexity index is 402. The Morgan fingerprint density at radius 3 is 2.33 bits per heavy atom. The molecule has 7 heteroatoms. The normalized spacial score (nSPS) is 13.0. The highest BCUT2D eigenvalue weighted by molar-refractivity contribution is 5.32. The molecule has 1 unspecified atom stereocenters. The molecular weight excluding hydrogens is 278 g/mol. The van der Waals surface area contributed by atoms with Crippen molar-refractivity contribution in [1.29, 1.82) is 0 Å². The van der Waals surface area contributed by atoms with Gasteiger partial charge in [-0.25, -0.2) is 0 Å². The summed E-state index contributed by atoms with van der Waals surface area (Å²) in [5, 5.41) is 40.0. The molecule has 0 aliphatic heterocycles. The molecule has 0 bridgehead atoms. The van der Waals surface area contributed by atoms with Crippen LogP contribution in [0.25, 0.3) is 0 Å². The van der Waals surface area contributed by atoms with E-state index in [1.807, 2.05) is 0 Å². The molecule has 7 nitrogen and oxygen atoms in total. The fraction of sp³-hybridized carbons (Fsp3) is 0.571. The van der Waals surface area contributed by atoms with E-state index < -0.39 is 31.5 Å². The Morgan fingerprint density at radius 1 is 1.14 bits per heavy atom. The van der Waals surface area contributed by atoms with Crippen LogP contribution in [-0.4, -0.2) is 72.2 Å². The Kier molecular flexibility index (Phi) is 7.41. The van der Waals surface area contributed by atoms with Gasteiger partial charge in [-0.15, -0.1) is 0 Å². The van der Waals surface area contributed by atoms with E-state index in [1.165, 1.54) is 0 Å². The second-order valence-corrected chi connectivity index (χ2v) is 4.78. The lowest BCUT2D eigenvalue weighted by Gasteiger charge is -2.29. The van der Waals surface area contributed by atoms with Crippen molar-refractivity contribution in [2.45, 2.75) is 11.6 Å². The average molecular weight is 301 g/mol. The van der Waals surface area contributed by atoms with E-state index in [1.54, 1.807) is 31.4 Å². The molecule has 0 saturated heterocycles. The summed E-state index contributed by atoms with van der Waals surface area (Å²) < 4.78 is 10.5. The van der Waals surface area contributed by atoms with Gasteiger partial charge in [-0.3, -0.25) is 0 Å². The second-order valence-electron chi connectivity index (χ2n) is 4.78. The number of β-amino-alcohol motifs (C(OH)–C–C–N with tert-alkyl or cyclic N) is 1.